The number of halogens is 1. The highest BCUT2D eigenvalue weighted by atomic mass is 35.5. The molecule has 1 saturated carbocycles. The van der Waals surface area contributed by atoms with Crippen molar-refractivity contribution in [2.75, 3.05) is 6.61 Å². The highest BCUT2D eigenvalue weighted by molar-refractivity contribution is 6.30. The molecule has 0 bridgehead atoms. The van der Waals surface area contributed by atoms with Gasteiger partial charge in [0.05, 0.1) is 11.6 Å². The van der Waals surface area contributed by atoms with Crippen LogP contribution < -0.4 is 0 Å². The molecule has 2 aromatic rings. The van der Waals surface area contributed by atoms with Gasteiger partial charge in [-0.3, -0.25) is 9.78 Å². The maximum atomic E-state index is 11.9. The zero-order chi connectivity index (χ0) is 14.2. The first-order chi connectivity index (χ1) is 9.65. The van der Waals surface area contributed by atoms with Crippen LogP contribution in [0.25, 0.3) is 11.5 Å². The van der Waals surface area contributed by atoms with Crippen LogP contribution in [0.1, 0.15) is 25.7 Å². The lowest BCUT2D eigenvalue weighted by Crippen LogP contribution is -2.23. The third-order valence-corrected chi connectivity index (χ3v) is 3.43. The van der Waals surface area contributed by atoms with E-state index >= 15 is 0 Å². The van der Waals surface area contributed by atoms with Gasteiger partial charge in [0, 0.05) is 6.20 Å². The van der Waals surface area contributed by atoms with Gasteiger partial charge in [0.15, 0.2) is 0 Å². The molecule has 0 N–H and O–H groups in total. The third-order valence-electron chi connectivity index (χ3n) is 3.21. The third kappa shape index (κ3) is 2.16. The van der Waals surface area contributed by atoms with Gasteiger partial charge in [-0.1, -0.05) is 16.8 Å². The van der Waals surface area contributed by atoms with Crippen LogP contribution in [0.5, 0.6) is 0 Å². The molecule has 7 heteroatoms. The molecule has 0 atom stereocenters. The highest BCUT2D eigenvalue weighted by Gasteiger charge is 2.57. The fourth-order valence-corrected chi connectivity index (χ4v) is 2.04. The summed E-state index contributed by atoms with van der Waals surface area (Å²) in [5.74, 6) is 0.328. The second-order valence-corrected chi connectivity index (χ2v) is 5.02. The van der Waals surface area contributed by atoms with E-state index in [0.717, 1.165) is 0 Å². The number of hydrogen-bond acceptors (Lipinski definition) is 6. The fourth-order valence-electron chi connectivity index (χ4n) is 1.93. The molecule has 0 spiro atoms. The smallest absolute Gasteiger partial charge is 0.321 e. The van der Waals surface area contributed by atoms with E-state index in [1.807, 2.05) is 0 Å². The van der Waals surface area contributed by atoms with E-state index in [1.165, 1.54) is 6.20 Å². The van der Waals surface area contributed by atoms with Crippen molar-refractivity contribution in [1.29, 1.82) is 0 Å². The van der Waals surface area contributed by atoms with Crippen molar-refractivity contribution in [3.63, 3.8) is 0 Å². The number of hydrogen-bond donors (Lipinski definition) is 0. The lowest BCUT2D eigenvalue weighted by atomic mass is 10.1. The van der Waals surface area contributed by atoms with Gasteiger partial charge in [0.2, 0.25) is 11.7 Å². The lowest BCUT2D eigenvalue weighted by molar-refractivity contribution is -0.146. The number of carbonyl (C=O) groups is 1. The minimum atomic E-state index is -0.756. The van der Waals surface area contributed by atoms with Gasteiger partial charge in [-0.2, -0.15) is 4.98 Å². The zero-order valence-corrected chi connectivity index (χ0v) is 11.6. The quantitative estimate of drug-likeness (QED) is 0.805. The van der Waals surface area contributed by atoms with Crippen LogP contribution in [0.4, 0.5) is 0 Å². The molecule has 1 aliphatic carbocycles. The summed E-state index contributed by atoms with van der Waals surface area (Å²) >= 11 is 5.78. The van der Waals surface area contributed by atoms with Crippen LogP contribution in [0.3, 0.4) is 0 Å². The first kappa shape index (κ1) is 13.1. The standard InChI is InChI=1S/C13H12ClN3O3/c1-2-19-12(18)13(5-6-13)11-16-10(17-20-11)9-4-3-8(14)7-15-9/h3-4,7H,2,5-6H2,1H3. The van der Waals surface area contributed by atoms with Crippen molar-refractivity contribution < 1.29 is 14.1 Å². The number of rotatable bonds is 4. The molecule has 0 radical (unpaired) electrons. The summed E-state index contributed by atoms with van der Waals surface area (Å²) in [6.45, 7) is 2.10. The zero-order valence-electron chi connectivity index (χ0n) is 10.8. The van der Waals surface area contributed by atoms with E-state index in [0.29, 0.717) is 41.9 Å². The number of nitrogens with zero attached hydrogens (tertiary/aromatic N) is 3. The Labute approximate surface area is 120 Å². The Morgan fingerprint density at radius 2 is 2.30 bits per heavy atom. The van der Waals surface area contributed by atoms with E-state index in [-0.39, 0.29) is 5.97 Å². The Kier molecular flexibility index (Phi) is 3.17. The Hall–Kier alpha value is -1.95. The van der Waals surface area contributed by atoms with E-state index in [2.05, 4.69) is 15.1 Å². The number of pyridine rings is 1. The summed E-state index contributed by atoms with van der Waals surface area (Å²) < 4.78 is 10.3. The Balaban J connectivity index is 1.87. The predicted molar refractivity (Wildman–Crippen MR) is 70.1 cm³/mol. The van der Waals surface area contributed by atoms with Crippen molar-refractivity contribution >= 4 is 17.6 Å². The molecule has 1 aliphatic rings. The average molecular weight is 294 g/mol. The Morgan fingerprint density at radius 1 is 1.50 bits per heavy atom. The largest absolute Gasteiger partial charge is 0.465 e. The second-order valence-electron chi connectivity index (χ2n) is 4.59. The molecule has 1 fully saturated rings. The van der Waals surface area contributed by atoms with Crippen LogP contribution in [-0.2, 0) is 14.9 Å². The van der Waals surface area contributed by atoms with Crippen LogP contribution in [0, 0.1) is 0 Å². The summed E-state index contributed by atoms with van der Waals surface area (Å²) in [4.78, 5) is 20.3. The molecule has 0 unspecified atom stereocenters. The van der Waals surface area contributed by atoms with Crippen LogP contribution >= 0.6 is 11.6 Å². The summed E-state index contributed by atoms with van der Waals surface area (Å²) in [6, 6.07) is 3.39. The molecule has 2 heterocycles. The lowest BCUT2D eigenvalue weighted by Gasteiger charge is -2.07. The predicted octanol–water partition coefficient (Wildman–Crippen LogP) is 2.38. The first-order valence-corrected chi connectivity index (χ1v) is 6.67. The van der Waals surface area contributed by atoms with Crippen LogP contribution in [0.15, 0.2) is 22.9 Å². The van der Waals surface area contributed by atoms with Crippen molar-refractivity contribution in [2.24, 2.45) is 0 Å². The van der Waals surface area contributed by atoms with Crippen molar-refractivity contribution in [2.45, 2.75) is 25.2 Å². The molecule has 104 valence electrons. The topological polar surface area (TPSA) is 78.1 Å². The Morgan fingerprint density at radius 3 is 2.90 bits per heavy atom. The average Bonchev–Trinajstić information content (AvgIpc) is 3.12. The van der Waals surface area contributed by atoms with Gasteiger partial charge < -0.3 is 9.26 Å². The maximum Gasteiger partial charge on any atom is 0.321 e. The number of aromatic nitrogens is 3. The monoisotopic (exact) mass is 293 g/mol. The van der Waals surface area contributed by atoms with Gasteiger partial charge in [-0.15, -0.1) is 0 Å². The number of carbonyl (C=O) groups excluding carboxylic acids is 1. The van der Waals surface area contributed by atoms with Crippen LogP contribution in [-0.4, -0.2) is 27.7 Å². The van der Waals surface area contributed by atoms with E-state index in [4.69, 9.17) is 20.9 Å². The molecule has 20 heavy (non-hydrogen) atoms. The molecule has 0 amide bonds. The van der Waals surface area contributed by atoms with Crippen LogP contribution in [0.2, 0.25) is 5.02 Å². The number of ether oxygens (including phenoxy) is 1. The molecular weight excluding hydrogens is 282 g/mol. The minimum Gasteiger partial charge on any atom is -0.465 e. The fraction of sp³-hybridized carbons (Fsp3) is 0.385. The summed E-state index contributed by atoms with van der Waals surface area (Å²) in [6.07, 6.45) is 2.84. The van der Waals surface area contributed by atoms with E-state index < -0.39 is 5.41 Å². The summed E-state index contributed by atoms with van der Waals surface area (Å²) in [7, 11) is 0. The summed E-state index contributed by atoms with van der Waals surface area (Å²) in [5.41, 5.74) is -0.211. The molecule has 0 saturated heterocycles. The van der Waals surface area contributed by atoms with Gasteiger partial charge >= 0.3 is 5.97 Å². The van der Waals surface area contributed by atoms with Gasteiger partial charge in [0.25, 0.3) is 0 Å². The summed E-state index contributed by atoms with van der Waals surface area (Å²) in [5, 5.41) is 4.40. The molecule has 3 rings (SSSR count). The van der Waals surface area contributed by atoms with Crippen molar-refractivity contribution in [3.8, 4) is 11.5 Å². The first-order valence-electron chi connectivity index (χ1n) is 6.29. The van der Waals surface area contributed by atoms with Crippen molar-refractivity contribution in [3.05, 3.63) is 29.2 Å². The van der Waals surface area contributed by atoms with Gasteiger partial charge in [-0.05, 0) is 31.9 Å². The highest BCUT2D eigenvalue weighted by Crippen LogP contribution is 2.48. The van der Waals surface area contributed by atoms with E-state index in [9.17, 15) is 4.79 Å². The molecular formula is C13H12ClN3O3. The normalized spacial score (nSPS) is 15.9. The SMILES string of the molecule is CCOC(=O)C1(c2nc(-c3ccc(Cl)cn3)no2)CC1. The second kappa shape index (κ2) is 4.86. The van der Waals surface area contributed by atoms with E-state index in [1.54, 1.807) is 19.1 Å². The van der Waals surface area contributed by atoms with Gasteiger partial charge in [-0.25, -0.2) is 0 Å². The number of esters is 1. The van der Waals surface area contributed by atoms with Crippen molar-refractivity contribution in [1.82, 2.24) is 15.1 Å². The molecule has 2 aromatic heterocycles. The maximum absolute atomic E-state index is 11.9. The minimum absolute atomic E-state index is 0.294. The van der Waals surface area contributed by atoms with Gasteiger partial charge in [0.1, 0.15) is 11.1 Å². The molecule has 0 aromatic carbocycles. The Bertz CT molecular complexity index is 635. The molecule has 0 aliphatic heterocycles. The molecule has 6 nitrogen and oxygen atoms in total.